The third-order valence-electron chi connectivity index (χ3n) is 3.14. The van der Waals surface area contributed by atoms with Crippen molar-refractivity contribution in [3.63, 3.8) is 0 Å². The molecule has 4 nitrogen and oxygen atoms in total. The molecular formula is C12H17N3O. The summed E-state index contributed by atoms with van der Waals surface area (Å²) in [5.41, 5.74) is 6.88. The Hall–Kier alpha value is -1.55. The van der Waals surface area contributed by atoms with E-state index in [2.05, 4.69) is 17.3 Å². The second kappa shape index (κ2) is 4.53. The Morgan fingerprint density at radius 2 is 2.12 bits per heavy atom. The summed E-state index contributed by atoms with van der Waals surface area (Å²) in [7, 11) is 2.08. The molecule has 2 rings (SSSR count). The molecular weight excluding hydrogens is 202 g/mol. The van der Waals surface area contributed by atoms with Gasteiger partial charge in [0.05, 0.1) is 0 Å². The first kappa shape index (κ1) is 11.0. The van der Waals surface area contributed by atoms with Crippen LogP contribution in [0.2, 0.25) is 0 Å². The summed E-state index contributed by atoms with van der Waals surface area (Å²) in [6.07, 6.45) is 1.16. The Morgan fingerprint density at radius 1 is 1.44 bits per heavy atom. The fourth-order valence-electron chi connectivity index (χ4n) is 2.04. The maximum atomic E-state index is 10.9. The lowest BCUT2D eigenvalue weighted by Crippen LogP contribution is -2.33. The molecule has 0 bridgehead atoms. The van der Waals surface area contributed by atoms with Gasteiger partial charge in [-0.25, -0.2) is 0 Å². The van der Waals surface area contributed by atoms with Crippen molar-refractivity contribution in [2.75, 3.05) is 25.0 Å². The topological polar surface area (TPSA) is 58.4 Å². The summed E-state index contributed by atoms with van der Waals surface area (Å²) in [4.78, 5) is 13.2. The normalized spacial score (nSPS) is 19.7. The van der Waals surface area contributed by atoms with Gasteiger partial charge in [-0.2, -0.15) is 0 Å². The van der Waals surface area contributed by atoms with Crippen LogP contribution in [0.1, 0.15) is 16.8 Å². The first-order chi connectivity index (χ1) is 7.68. The van der Waals surface area contributed by atoms with Crippen molar-refractivity contribution in [2.45, 2.75) is 12.5 Å². The van der Waals surface area contributed by atoms with E-state index in [9.17, 15) is 4.79 Å². The van der Waals surface area contributed by atoms with Crippen LogP contribution in [0.3, 0.4) is 0 Å². The standard InChI is InChI=1S/C12H17N3O/c1-15(11-6-7-14-8-11)10-4-2-9(3-5-10)12(13)16/h2-5,11,14H,6-8H2,1H3,(H2,13,16). The number of hydrogen-bond acceptors (Lipinski definition) is 3. The summed E-state index contributed by atoms with van der Waals surface area (Å²) >= 11 is 0. The zero-order chi connectivity index (χ0) is 11.5. The quantitative estimate of drug-likeness (QED) is 0.782. The zero-order valence-corrected chi connectivity index (χ0v) is 9.44. The van der Waals surface area contributed by atoms with Gasteiger partial charge in [0.25, 0.3) is 0 Å². The van der Waals surface area contributed by atoms with Crippen LogP contribution in [0, 0.1) is 0 Å². The fraction of sp³-hybridized carbons (Fsp3) is 0.417. The first-order valence-corrected chi connectivity index (χ1v) is 5.52. The van der Waals surface area contributed by atoms with Gasteiger partial charge in [0.15, 0.2) is 0 Å². The zero-order valence-electron chi connectivity index (χ0n) is 9.44. The molecule has 1 unspecified atom stereocenters. The Bertz CT molecular complexity index is 368. The number of nitrogens with one attached hydrogen (secondary N) is 1. The van der Waals surface area contributed by atoms with Crippen molar-refractivity contribution in [3.05, 3.63) is 29.8 Å². The molecule has 0 aliphatic carbocycles. The Kier molecular flexibility index (Phi) is 3.10. The highest BCUT2D eigenvalue weighted by atomic mass is 16.1. The molecule has 0 radical (unpaired) electrons. The molecule has 16 heavy (non-hydrogen) atoms. The summed E-state index contributed by atoms with van der Waals surface area (Å²) in [5.74, 6) is -0.378. The molecule has 3 N–H and O–H groups in total. The minimum Gasteiger partial charge on any atom is -0.370 e. The highest BCUT2D eigenvalue weighted by molar-refractivity contribution is 5.93. The first-order valence-electron chi connectivity index (χ1n) is 5.52. The van der Waals surface area contributed by atoms with E-state index in [1.165, 1.54) is 0 Å². The van der Waals surface area contributed by atoms with E-state index in [1.807, 2.05) is 12.1 Å². The minimum atomic E-state index is -0.378. The Labute approximate surface area is 95.4 Å². The third kappa shape index (κ3) is 2.17. The smallest absolute Gasteiger partial charge is 0.248 e. The second-order valence-corrected chi connectivity index (χ2v) is 4.17. The summed E-state index contributed by atoms with van der Waals surface area (Å²) in [6.45, 7) is 2.10. The van der Waals surface area contributed by atoms with E-state index < -0.39 is 0 Å². The lowest BCUT2D eigenvalue weighted by atomic mass is 10.1. The molecule has 1 aliphatic heterocycles. The SMILES string of the molecule is CN(c1ccc(C(N)=O)cc1)C1CCNC1. The predicted molar refractivity (Wildman–Crippen MR) is 64.6 cm³/mol. The number of anilines is 1. The van der Waals surface area contributed by atoms with Gasteiger partial charge in [0.1, 0.15) is 0 Å². The van der Waals surface area contributed by atoms with Crippen LogP contribution in [0.15, 0.2) is 24.3 Å². The number of primary amides is 1. The number of amides is 1. The number of likely N-dealkylation sites (N-methyl/N-ethyl adjacent to an activating group) is 1. The lowest BCUT2D eigenvalue weighted by molar-refractivity contribution is 0.100. The average molecular weight is 219 g/mol. The van der Waals surface area contributed by atoms with Gasteiger partial charge in [-0.1, -0.05) is 0 Å². The van der Waals surface area contributed by atoms with Crippen LogP contribution in [-0.4, -0.2) is 32.1 Å². The molecule has 0 aromatic heterocycles. The molecule has 1 fully saturated rings. The number of benzene rings is 1. The van der Waals surface area contributed by atoms with E-state index in [1.54, 1.807) is 12.1 Å². The Balaban J connectivity index is 2.11. The van der Waals surface area contributed by atoms with Gasteiger partial charge in [-0.05, 0) is 37.2 Å². The average Bonchev–Trinajstić information content (AvgIpc) is 2.81. The summed E-state index contributed by atoms with van der Waals surface area (Å²) < 4.78 is 0. The number of nitrogens with zero attached hydrogens (tertiary/aromatic N) is 1. The van der Waals surface area contributed by atoms with E-state index in [0.717, 1.165) is 25.2 Å². The maximum Gasteiger partial charge on any atom is 0.248 e. The van der Waals surface area contributed by atoms with E-state index >= 15 is 0 Å². The molecule has 0 spiro atoms. The highest BCUT2D eigenvalue weighted by Gasteiger charge is 2.19. The Morgan fingerprint density at radius 3 is 2.62 bits per heavy atom. The van der Waals surface area contributed by atoms with Crippen LogP contribution in [0.5, 0.6) is 0 Å². The van der Waals surface area contributed by atoms with Crippen LogP contribution >= 0.6 is 0 Å². The molecule has 0 saturated carbocycles. The summed E-state index contributed by atoms with van der Waals surface area (Å²) in [6, 6.07) is 7.98. The van der Waals surface area contributed by atoms with E-state index in [0.29, 0.717) is 11.6 Å². The highest BCUT2D eigenvalue weighted by Crippen LogP contribution is 2.18. The number of carbonyl (C=O) groups excluding carboxylic acids is 1. The predicted octanol–water partition coefficient (Wildman–Crippen LogP) is 0.584. The number of hydrogen-bond donors (Lipinski definition) is 2. The van der Waals surface area contributed by atoms with Crippen molar-refractivity contribution in [1.82, 2.24) is 5.32 Å². The van der Waals surface area contributed by atoms with Gasteiger partial charge in [0.2, 0.25) is 5.91 Å². The van der Waals surface area contributed by atoms with Gasteiger partial charge in [-0.15, -0.1) is 0 Å². The maximum absolute atomic E-state index is 10.9. The molecule has 1 saturated heterocycles. The molecule has 1 aromatic rings. The molecule has 1 heterocycles. The van der Waals surface area contributed by atoms with Crippen LogP contribution < -0.4 is 16.0 Å². The second-order valence-electron chi connectivity index (χ2n) is 4.17. The van der Waals surface area contributed by atoms with Crippen molar-refractivity contribution in [2.24, 2.45) is 5.73 Å². The third-order valence-corrected chi connectivity index (χ3v) is 3.14. The number of nitrogens with two attached hydrogens (primary N) is 1. The number of carbonyl (C=O) groups is 1. The van der Waals surface area contributed by atoms with Crippen LogP contribution in [0.25, 0.3) is 0 Å². The van der Waals surface area contributed by atoms with Crippen LogP contribution in [0.4, 0.5) is 5.69 Å². The molecule has 4 heteroatoms. The molecule has 1 aromatic carbocycles. The van der Waals surface area contributed by atoms with Gasteiger partial charge >= 0.3 is 0 Å². The molecule has 1 amide bonds. The van der Waals surface area contributed by atoms with Crippen molar-refractivity contribution < 1.29 is 4.79 Å². The van der Waals surface area contributed by atoms with Gasteiger partial charge in [0, 0.05) is 30.9 Å². The lowest BCUT2D eigenvalue weighted by Gasteiger charge is -2.26. The largest absolute Gasteiger partial charge is 0.370 e. The summed E-state index contributed by atoms with van der Waals surface area (Å²) in [5, 5.41) is 3.34. The van der Waals surface area contributed by atoms with E-state index in [-0.39, 0.29) is 5.91 Å². The van der Waals surface area contributed by atoms with Crippen molar-refractivity contribution >= 4 is 11.6 Å². The monoisotopic (exact) mass is 219 g/mol. The fourth-order valence-corrected chi connectivity index (χ4v) is 2.04. The van der Waals surface area contributed by atoms with Gasteiger partial charge < -0.3 is 16.0 Å². The van der Waals surface area contributed by atoms with E-state index in [4.69, 9.17) is 5.73 Å². The van der Waals surface area contributed by atoms with Crippen LogP contribution in [-0.2, 0) is 0 Å². The minimum absolute atomic E-state index is 0.378. The van der Waals surface area contributed by atoms with Crippen molar-refractivity contribution in [1.29, 1.82) is 0 Å². The van der Waals surface area contributed by atoms with Crippen molar-refractivity contribution in [3.8, 4) is 0 Å². The molecule has 86 valence electrons. The molecule has 1 atom stereocenters. The number of rotatable bonds is 3. The van der Waals surface area contributed by atoms with Gasteiger partial charge in [-0.3, -0.25) is 4.79 Å². The molecule has 1 aliphatic rings.